The van der Waals surface area contributed by atoms with Gasteiger partial charge in [-0.2, -0.15) is 11.8 Å². The topological polar surface area (TPSA) is 18.5 Å². The summed E-state index contributed by atoms with van der Waals surface area (Å²) < 4.78 is 13.2. The zero-order chi connectivity index (χ0) is 19.2. The van der Waals surface area contributed by atoms with Crippen molar-refractivity contribution in [2.75, 3.05) is 5.75 Å². The fraction of sp³-hybridized carbons (Fsp3) is 0.167. The number of ether oxygens (including phenoxy) is 2. The predicted octanol–water partition coefficient (Wildman–Crippen LogP) is 7.00. The standard InChI is InChI=1S/C24H21BrO2S/c25-22-14-20-16-26-24(19-11-5-2-6-12-19)27-23(20)21(15-22)17-28-13-7-10-18-8-3-1-4-9-18/h1-12,14-15,24H,13,16-17H2. The number of rotatable bonds is 6. The molecule has 1 atom stereocenters. The molecule has 1 unspecified atom stereocenters. The summed E-state index contributed by atoms with van der Waals surface area (Å²) in [7, 11) is 0. The molecule has 0 bridgehead atoms. The van der Waals surface area contributed by atoms with E-state index in [1.54, 1.807) is 0 Å². The Kier molecular flexibility index (Phi) is 6.53. The van der Waals surface area contributed by atoms with Crippen molar-refractivity contribution in [3.8, 4) is 5.75 Å². The van der Waals surface area contributed by atoms with Crippen molar-refractivity contribution in [3.63, 3.8) is 0 Å². The van der Waals surface area contributed by atoms with Gasteiger partial charge < -0.3 is 9.47 Å². The van der Waals surface area contributed by atoms with Crippen molar-refractivity contribution in [1.82, 2.24) is 0 Å². The number of fused-ring (bicyclic) bond motifs is 1. The molecule has 28 heavy (non-hydrogen) atoms. The minimum Gasteiger partial charge on any atom is -0.460 e. The second-order valence-corrected chi connectivity index (χ2v) is 8.50. The van der Waals surface area contributed by atoms with E-state index >= 15 is 0 Å². The van der Waals surface area contributed by atoms with Crippen LogP contribution in [0.2, 0.25) is 0 Å². The van der Waals surface area contributed by atoms with Gasteiger partial charge in [0.25, 0.3) is 0 Å². The van der Waals surface area contributed by atoms with Crippen molar-refractivity contribution in [2.45, 2.75) is 18.6 Å². The molecule has 3 aromatic carbocycles. The quantitative estimate of drug-likeness (QED) is 0.374. The highest BCUT2D eigenvalue weighted by Crippen LogP contribution is 2.39. The fourth-order valence-corrected chi connectivity index (χ4v) is 4.48. The van der Waals surface area contributed by atoms with E-state index in [0.29, 0.717) is 6.61 Å². The normalized spacial score (nSPS) is 16.0. The number of hydrogen-bond donors (Lipinski definition) is 0. The lowest BCUT2D eigenvalue weighted by molar-refractivity contribution is -0.111. The molecule has 0 radical (unpaired) electrons. The zero-order valence-electron chi connectivity index (χ0n) is 15.4. The third kappa shape index (κ3) is 4.88. The molecule has 3 aromatic rings. The SMILES string of the molecule is Brc1cc2c(c(CSCC=Cc3ccccc3)c1)OC(c1ccccc1)OC2. The van der Waals surface area contributed by atoms with Gasteiger partial charge in [0, 0.05) is 32.7 Å². The summed E-state index contributed by atoms with van der Waals surface area (Å²) in [5.41, 5.74) is 4.57. The minimum absolute atomic E-state index is 0.350. The number of benzene rings is 3. The van der Waals surface area contributed by atoms with Gasteiger partial charge in [-0.1, -0.05) is 88.7 Å². The average Bonchev–Trinajstić information content (AvgIpc) is 2.74. The summed E-state index contributed by atoms with van der Waals surface area (Å²) in [6.45, 7) is 0.555. The van der Waals surface area contributed by atoms with Gasteiger partial charge in [0.1, 0.15) is 5.75 Å². The molecule has 1 aliphatic rings. The van der Waals surface area contributed by atoms with Gasteiger partial charge in [-0.15, -0.1) is 0 Å². The van der Waals surface area contributed by atoms with E-state index in [0.717, 1.165) is 32.9 Å². The molecule has 0 saturated carbocycles. The van der Waals surface area contributed by atoms with Gasteiger partial charge in [-0.25, -0.2) is 0 Å². The van der Waals surface area contributed by atoms with Crippen molar-refractivity contribution in [2.24, 2.45) is 0 Å². The molecule has 142 valence electrons. The molecular formula is C24H21BrO2S. The molecule has 1 heterocycles. The van der Waals surface area contributed by atoms with Crippen LogP contribution < -0.4 is 4.74 Å². The summed E-state index contributed by atoms with van der Waals surface area (Å²) in [6, 6.07) is 24.7. The van der Waals surface area contributed by atoms with E-state index in [9.17, 15) is 0 Å². The van der Waals surface area contributed by atoms with Crippen LogP contribution in [0.1, 0.15) is 28.5 Å². The van der Waals surface area contributed by atoms with Crippen LogP contribution in [-0.4, -0.2) is 5.75 Å². The van der Waals surface area contributed by atoms with E-state index in [-0.39, 0.29) is 6.29 Å². The summed E-state index contributed by atoms with van der Waals surface area (Å²) in [6.07, 6.45) is 4.02. The van der Waals surface area contributed by atoms with Crippen LogP contribution in [0.4, 0.5) is 0 Å². The van der Waals surface area contributed by atoms with E-state index in [4.69, 9.17) is 9.47 Å². The van der Waals surface area contributed by atoms with Crippen LogP contribution >= 0.6 is 27.7 Å². The Labute approximate surface area is 178 Å². The summed E-state index contributed by atoms with van der Waals surface area (Å²) in [5.74, 6) is 2.81. The number of thioether (sulfide) groups is 1. The molecule has 0 aliphatic carbocycles. The average molecular weight is 453 g/mol. The maximum absolute atomic E-state index is 6.26. The van der Waals surface area contributed by atoms with E-state index in [1.165, 1.54) is 11.1 Å². The molecule has 0 spiro atoms. The Morgan fingerprint density at radius 2 is 1.75 bits per heavy atom. The Hall–Kier alpha value is -2.01. The first-order valence-electron chi connectivity index (χ1n) is 9.23. The van der Waals surface area contributed by atoms with Gasteiger partial charge in [0.05, 0.1) is 6.61 Å². The van der Waals surface area contributed by atoms with Crippen molar-refractivity contribution < 1.29 is 9.47 Å². The van der Waals surface area contributed by atoms with Gasteiger partial charge in [0.15, 0.2) is 0 Å². The van der Waals surface area contributed by atoms with Crippen LogP contribution in [0.25, 0.3) is 6.08 Å². The zero-order valence-corrected chi connectivity index (χ0v) is 17.8. The number of hydrogen-bond acceptors (Lipinski definition) is 3. The maximum atomic E-state index is 6.26. The molecule has 1 aliphatic heterocycles. The molecule has 4 rings (SSSR count). The van der Waals surface area contributed by atoms with Crippen LogP contribution in [0.15, 0.2) is 83.3 Å². The smallest absolute Gasteiger partial charge is 0.227 e. The molecule has 0 aromatic heterocycles. The molecule has 2 nitrogen and oxygen atoms in total. The van der Waals surface area contributed by atoms with Crippen LogP contribution in [0.5, 0.6) is 5.75 Å². The summed E-state index contributed by atoms with van der Waals surface area (Å²) in [4.78, 5) is 0. The van der Waals surface area contributed by atoms with E-state index < -0.39 is 0 Å². The third-order valence-electron chi connectivity index (χ3n) is 4.48. The summed E-state index contributed by atoms with van der Waals surface area (Å²) in [5, 5.41) is 0. The maximum Gasteiger partial charge on any atom is 0.227 e. The van der Waals surface area contributed by atoms with Crippen molar-refractivity contribution >= 4 is 33.8 Å². The van der Waals surface area contributed by atoms with Crippen LogP contribution in [0.3, 0.4) is 0 Å². The first-order chi connectivity index (χ1) is 13.8. The second-order valence-electron chi connectivity index (χ2n) is 6.55. The van der Waals surface area contributed by atoms with E-state index in [1.807, 2.05) is 48.2 Å². The predicted molar refractivity (Wildman–Crippen MR) is 120 cm³/mol. The highest BCUT2D eigenvalue weighted by Gasteiger charge is 2.24. The lowest BCUT2D eigenvalue weighted by Gasteiger charge is -2.28. The first kappa shape index (κ1) is 19.3. The van der Waals surface area contributed by atoms with Crippen LogP contribution in [-0.2, 0) is 17.1 Å². The first-order valence-corrected chi connectivity index (χ1v) is 11.2. The monoisotopic (exact) mass is 452 g/mol. The highest BCUT2D eigenvalue weighted by molar-refractivity contribution is 9.10. The lowest BCUT2D eigenvalue weighted by atomic mass is 10.1. The molecule has 0 fully saturated rings. The Morgan fingerprint density at radius 3 is 2.54 bits per heavy atom. The highest BCUT2D eigenvalue weighted by atomic mass is 79.9. The molecule has 0 N–H and O–H groups in total. The fourth-order valence-electron chi connectivity index (χ4n) is 3.14. The second kappa shape index (κ2) is 9.46. The Morgan fingerprint density at radius 1 is 1.00 bits per heavy atom. The molecular weight excluding hydrogens is 432 g/mol. The van der Waals surface area contributed by atoms with Crippen molar-refractivity contribution in [3.05, 3.63) is 106 Å². The molecule has 4 heteroatoms. The lowest BCUT2D eigenvalue weighted by Crippen LogP contribution is -2.19. The Balaban J connectivity index is 1.43. The number of halogens is 1. The Bertz CT molecular complexity index is 942. The van der Waals surface area contributed by atoms with Gasteiger partial charge in [0.2, 0.25) is 6.29 Å². The molecule has 0 amide bonds. The summed E-state index contributed by atoms with van der Waals surface area (Å²) >= 11 is 5.50. The third-order valence-corrected chi connectivity index (χ3v) is 5.88. The van der Waals surface area contributed by atoms with Crippen molar-refractivity contribution in [1.29, 1.82) is 0 Å². The largest absolute Gasteiger partial charge is 0.460 e. The van der Waals surface area contributed by atoms with Crippen LogP contribution in [0, 0.1) is 0 Å². The van der Waals surface area contributed by atoms with Gasteiger partial charge in [-0.3, -0.25) is 0 Å². The van der Waals surface area contributed by atoms with Gasteiger partial charge in [-0.05, 0) is 17.7 Å². The minimum atomic E-state index is -0.350. The van der Waals surface area contributed by atoms with E-state index in [2.05, 4.69) is 64.5 Å². The van der Waals surface area contributed by atoms with Gasteiger partial charge >= 0.3 is 0 Å². The molecule has 0 saturated heterocycles.